The Kier molecular flexibility index (Phi) is 6.25. The summed E-state index contributed by atoms with van der Waals surface area (Å²) >= 11 is 0. The fourth-order valence-electron chi connectivity index (χ4n) is 2.99. The van der Waals surface area contributed by atoms with Gasteiger partial charge >= 0.3 is 5.97 Å². The molecular formula is C20H22N2O5. The van der Waals surface area contributed by atoms with E-state index in [9.17, 15) is 14.4 Å². The Hall–Kier alpha value is -3.09. The predicted octanol–water partition coefficient (Wildman–Crippen LogP) is 1.99. The summed E-state index contributed by atoms with van der Waals surface area (Å²) < 4.78 is 10.3. The highest BCUT2D eigenvalue weighted by molar-refractivity contribution is 5.91. The number of benzene rings is 1. The van der Waals surface area contributed by atoms with Gasteiger partial charge in [0.2, 0.25) is 5.91 Å². The Morgan fingerprint density at radius 1 is 1.07 bits per heavy atom. The average Bonchev–Trinajstić information content (AvgIpc) is 3.25. The fourth-order valence-corrected chi connectivity index (χ4v) is 2.99. The quantitative estimate of drug-likeness (QED) is 0.786. The predicted molar refractivity (Wildman–Crippen MR) is 96.6 cm³/mol. The van der Waals surface area contributed by atoms with Gasteiger partial charge in [0.05, 0.1) is 6.26 Å². The molecule has 1 saturated heterocycles. The van der Waals surface area contributed by atoms with Gasteiger partial charge in [0, 0.05) is 19.0 Å². The first kappa shape index (κ1) is 18.7. The Morgan fingerprint density at radius 2 is 1.81 bits per heavy atom. The summed E-state index contributed by atoms with van der Waals surface area (Å²) in [6.07, 6.45) is 2.57. The topological polar surface area (TPSA) is 88.9 Å². The first-order valence-electron chi connectivity index (χ1n) is 8.93. The molecule has 27 heavy (non-hydrogen) atoms. The van der Waals surface area contributed by atoms with Crippen molar-refractivity contribution < 1.29 is 23.5 Å². The van der Waals surface area contributed by atoms with Crippen molar-refractivity contribution in [3.63, 3.8) is 0 Å². The molecule has 0 saturated carbocycles. The van der Waals surface area contributed by atoms with Crippen molar-refractivity contribution in [1.29, 1.82) is 0 Å². The molecule has 1 aromatic carbocycles. The zero-order valence-corrected chi connectivity index (χ0v) is 14.9. The Labute approximate surface area is 157 Å². The van der Waals surface area contributed by atoms with Gasteiger partial charge in [0.15, 0.2) is 5.76 Å². The van der Waals surface area contributed by atoms with Gasteiger partial charge in [-0.15, -0.1) is 0 Å². The number of ether oxygens (including phenoxy) is 1. The lowest BCUT2D eigenvalue weighted by Gasteiger charge is -2.30. The maximum Gasteiger partial charge on any atom is 0.325 e. The summed E-state index contributed by atoms with van der Waals surface area (Å²) in [5.74, 6) is -0.732. The first-order chi connectivity index (χ1) is 13.1. The number of esters is 1. The third-order valence-electron chi connectivity index (χ3n) is 4.53. The number of nitrogens with one attached hydrogen (secondary N) is 1. The first-order valence-corrected chi connectivity index (χ1v) is 8.93. The number of carbonyl (C=O) groups is 3. The number of hydrogen-bond donors (Lipinski definition) is 1. The van der Waals surface area contributed by atoms with Crippen LogP contribution >= 0.6 is 0 Å². The number of nitrogens with zero attached hydrogens (tertiary/aromatic N) is 1. The van der Waals surface area contributed by atoms with E-state index in [0.717, 1.165) is 5.56 Å². The summed E-state index contributed by atoms with van der Waals surface area (Å²) in [5, 5.41) is 2.62. The standard InChI is InChI=1S/C20H22N2O5/c23-18(27-14-15-5-2-1-3-6-15)13-21-19(24)16-8-10-22(11-9-16)20(25)17-7-4-12-26-17/h1-7,12,16H,8-11,13-14H2,(H,21,24). The van der Waals surface area contributed by atoms with Crippen LogP contribution in [0.5, 0.6) is 0 Å². The summed E-state index contributed by atoms with van der Waals surface area (Å²) in [6, 6.07) is 12.7. The van der Waals surface area contributed by atoms with Crippen LogP contribution in [-0.2, 0) is 20.9 Å². The number of rotatable bonds is 6. The lowest BCUT2D eigenvalue weighted by Crippen LogP contribution is -2.44. The van der Waals surface area contributed by atoms with Crippen molar-refractivity contribution in [2.45, 2.75) is 19.4 Å². The molecule has 0 unspecified atom stereocenters. The van der Waals surface area contributed by atoms with Crippen molar-refractivity contribution in [1.82, 2.24) is 10.2 Å². The number of hydrogen-bond acceptors (Lipinski definition) is 5. The number of carbonyl (C=O) groups excluding carboxylic acids is 3. The van der Waals surface area contributed by atoms with E-state index < -0.39 is 5.97 Å². The molecule has 0 radical (unpaired) electrons. The van der Waals surface area contributed by atoms with Gasteiger partial charge in [-0.1, -0.05) is 30.3 Å². The molecule has 1 aliphatic heterocycles. The molecule has 1 aromatic heterocycles. The lowest BCUT2D eigenvalue weighted by molar-refractivity contribution is -0.145. The monoisotopic (exact) mass is 370 g/mol. The van der Waals surface area contributed by atoms with E-state index in [2.05, 4.69) is 5.32 Å². The molecule has 1 aliphatic rings. The molecule has 2 aromatic rings. The molecule has 2 heterocycles. The molecule has 3 rings (SSSR count). The molecule has 1 fully saturated rings. The Balaban J connectivity index is 1.37. The molecule has 7 nitrogen and oxygen atoms in total. The molecule has 0 bridgehead atoms. The molecule has 1 N–H and O–H groups in total. The van der Waals surface area contributed by atoms with E-state index in [1.165, 1.54) is 6.26 Å². The van der Waals surface area contributed by atoms with Gasteiger partial charge in [0.1, 0.15) is 13.2 Å². The highest BCUT2D eigenvalue weighted by Gasteiger charge is 2.28. The molecule has 7 heteroatoms. The zero-order chi connectivity index (χ0) is 19.1. The van der Waals surface area contributed by atoms with Crippen molar-refractivity contribution in [2.75, 3.05) is 19.6 Å². The van der Waals surface area contributed by atoms with Crippen molar-refractivity contribution in [2.24, 2.45) is 5.92 Å². The number of amides is 2. The molecule has 142 valence electrons. The van der Waals surface area contributed by atoms with E-state index in [1.807, 2.05) is 30.3 Å². The third-order valence-corrected chi connectivity index (χ3v) is 4.53. The third kappa shape index (κ3) is 5.20. The summed E-state index contributed by atoms with van der Waals surface area (Å²) in [7, 11) is 0. The summed E-state index contributed by atoms with van der Waals surface area (Å²) in [5.41, 5.74) is 0.894. The second-order valence-corrected chi connectivity index (χ2v) is 6.41. The van der Waals surface area contributed by atoms with Crippen LogP contribution in [0.1, 0.15) is 29.0 Å². The molecule has 0 atom stereocenters. The normalized spacial score (nSPS) is 14.6. The van der Waals surface area contributed by atoms with Crippen LogP contribution in [0.25, 0.3) is 0 Å². The fraction of sp³-hybridized carbons (Fsp3) is 0.350. The van der Waals surface area contributed by atoms with Gasteiger partial charge in [-0.25, -0.2) is 0 Å². The number of furan rings is 1. The summed E-state index contributed by atoms with van der Waals surface area (Å²) in [4.78, 5) is 37.9. The van der Waals surface area contributed by atoms with Crippen molar-refractivity contribution in [3.8, 4) is 0 Å². The van der Waals surface area contributed by atoms with Gasteiger partial charge < -0.3 is 19.4 Å². The minimum atomic E-state index is -0.474. The van der Waals surface area contributed by atoms with E-state index in [1.54, 1.807) is 17.0 Å². The summed E-state index contributed by atoms with van der Waals surface area (Å²) in [6.45, 7) is 0.992. The van der Waals surface area contributed by atoms with Crippen molar-refractivity contribution >= 4 is 17.8 Å². The smallest absolute Gasteiger partial charge is 0.325 e. The zero-order valence-electron chi connectivity index (χ0n) is 14.9. The molecule has 0 spiro atoms. The van der Waals surface area contributed by atoms with Gasteiger partial charge in [0.25, 0.3) is 5.91 Å². The number of likely N-dealkylation sites (tertiary alicyclic amines) is 1. The maximum atomic E-state index is 12.2. The van der Waals surface area contributed by atoms with Crippen LogP contribution in [-0.4, -0.2) is 42.3 Å². The van der Waals surface area contributed by atoms with E-state index >= 15 is 0 Å². The van der Waals surface area contributed by atoms with Crippen molar-refractivity contribution in [3.05, 3.63) is 60.1 Å². The number of piperidine rings is 1. The Morgan fingerprint density at radius 3 is 2.48 bits per heavy atom. The van der Waals surface area contributed by atoms with Gasteiger partial charge in [-0.3, -0.25) is 14.4 Å². The molecule has 0 aliphatic carbocycles. The second-order valence-electron chi connectivity index (χ2n) is 6.41. The molecule has 2 amide bonds. The van der Waals surface area contributed by atoms with Crippen LogP contribution < -0.4 is 5.32 Å². The van der Waals surface area contributed by atoms with Crippen LogP contribution in [0.15, 0.2) is 53.1 Å². The SMILES string of the molecule is O=C(CNC(=O)C1CCN(C(=O)c2ccco2)CC1)OCc1ccccc1. The molecular weight excluding hydrogens is 348 g/mol. The van der Waals surface area contributed by atoms with Crippen LogP contribution in [0, 0.1) is 5.92 Å². The largest absolute Gasteiger partial charge is 0.460 e. The maximum absolute atomic E-state index is 12.2. The minimum absolute atomic E-state index is 0.156. The minimum Gasteiger partial charge on any atom is -0.460 e. The van der Waals surface area contributed by atoms with Crippen LogP contribution in [0.2, 0.25) is 0 Å². The van der Waals surface area contributed by atoms with E-state index in [-0.39, 0.29) is 30.9 Å². The van der Waals surface area contributed by atoms with E-state index in [4.69, 9.17) is 9.15 Å². The lowest BCUT2D eigenvalue weighted by atomic mass is 9.95. The Bertz CT molecular complexity index is 765. The highest BCUT2D eigenvalue weighted by atomic mass is 16.5. The van der Waals surface area contributed by atoms with Gasteiger partial charge in [-0.2, -0.15) is 0 Å². The second kappa shape index (κ2) is 9.02. The van der Waals surface area contributed by atoms with E-state index in [0.29, 0.717) is 31.7 Å². The highest BCUT2D eigenvalue weighted by Crippen LogP contribution is 2.19. The van der Waals surface area contributed by atoms with Crippen LogP contribution in [0.4, 0.5) is 0 Å². The van der Waals surface area contributed by atoms with Gasteiger partial charge in [-0.05, 0) is 30.5 Å². The van der Waals surface area contributed by atoms with Crippen LogP contribution in [0.3, 0.4) is 0 Å². The average molecular weight is 370 g/mol.